The number of fused-ring (bicyclic) bond motifs is 1. The number of hydrogen-bond donors (Lipinski definition) is 1. The van der Waals surface area contributed by atoms with Gasteiger partial charge in [-0.3, -0.25) is 19.8 Å². The van der Waals surface area contributed by atoms with Crippen LogP contribution in [0.25, 0.3) is 17.0 Å². The van der Waals surface area contributed by atoms with E-state index in [1.54, 1.807) is 29.6 Å². The van der Waals surface area contributed by atoms with Gasteiger partial charge in [0.15, 0.2) is 0 Å². The zero-order chi connectivity index (χ0) is 16.9. The van der Waals surface area contributed by atoms with Gasteiger partial charge < -0.3 is 10.6 Å². The van der Waals surface area contributed by atoms with Crippen molar-refractivity contribution >= 4 is 17.9 Å². The van der Waals surface area contributed by atoms with Crippen LogP contribution in [0.2, 0.25) is 0 Å². The summed E-state index contributed by atoms with van der Waals surface area (Å²) in [6.07, 6.45) is 8.43. The molecule has 1 aromatic heterocycles. The van der Waals surface area contributed by atoms with E-state index in [1.165, 1.54) is 0 Å². The number of carbonyl (C=O) groups excluding carboxylic acids is 1. The molecule has 122 valence electrons. The predicted octanol–water partition coefficient (Wildman–Crippen LogP) is 1.88. The Morgan fingerprint density at radius 3 is 2.92 bits per heavy atom. The number of amidine groups is 1. The lowest BCUT2D eigenvalue weighted by atomic mass is 9.90. The van der Waals surface area contributed by atoms with Gasteiger partial charge in [0.05, 0.1) is 17.6 Å². The molecule has 1 aliphatic heterocycles. The maximum Gasteiger partial charge on any atom is 0.214 e. The molecule has 1 aliphatic rings. The zero-order valence-corrected chi connectivity index (χ0v) is 13.5. The first-order valence-electron chi connectivity index (χ1n) is 7.86. The van der Waals surface area contributed by atoms with Crippen LogP contribution in [-0.2, 0) is 11.2 Å². The lowest BCUT2D eigenvalue weighted by Gasteiger charge is -2.30. The Kier molecular flexibility index (Phi) is 4.65. The molecule has 2 aromatic rings. The van der Waals surface area contributed by atoms with Gasteiger partial charge in [-0.2, -0.15) is 0 Å². The lowest BCUT2D eigenvalue weighted by Crippen LogP contribution is -2.29. The van der Waals surface area contributed by atoms with Gasteiger partial charge >= 0.3 is 0 Å². The maximum atomic E-state index is 11.5. The second-order valence-corrected chi connectivity index (χ2v) is 5.40. The molecule has 0 unspecified atom stereocenters. The molecule has 0 saturated carbocycles. The summed E-state index contributed by atoms with van der Waals surface area (Å²) in [5.74, 6) is 0.414. The summed E-state index contributed by atoms with van der Waals surface area (Å²) in [5, 5.41) is 0. The van der Waals surface area contributed by atoms with Crippen molar-refractivity contribution in [2.24, 2.45) is 10.7 Å². The molecule has 6 nitrogen and oxygen atoms in total. The van der Waals surface area contributed by atoms with Crippen molar-refractivity contribution < 1.29 is 4.79 Å². The van der Waals surface area contributed by atoms with Crippen LogP contribution >= 0.6 is 0 Å². The second kappa shape index (κ2) is 7.04. The Balaban J connectivity index is 2.15. The van der Waals surface area contributed by atoms with Crippen molar-refractivity contribution in [2.75, 3.05) is 13.1 Å². The highest BCUT2D eigenvalue weighted by molar-refractivity contribution is 6.00. The molecule has 0 radical (unpaired) electrons. The van der Waals surface area contributed by atoms with Gasteiger partial charge in [0.1, 0.15) is 5.84 Å². The van der Waals surface area contributed by atoms with E-state index in [2.05, 4.69) is 15.0 Å². The number of hydrogen-bond acceptors (Lipinski definition) is 4. The average Bonchev–Trinajstić information content (AvgIpc) is 2.62. The Morgan fingerprint density at radius 2 is 2.21 bits per heavy atom. The molecule has 0 atom stereocenters. The van der Waals surface area contributed by atoms with Crippen LogP contribution in [-0.4, -0.2) is 40.2 Å². The summed E-state index contributed by atoms with van der Waals surface area (Å²) in [5.41, 5.74) is 10.7. The number of rotatable bonds is 4. The first kappa shape index (κ1) is 15.9. The van der Waals surface area contributed by atoms with Crippen LogP contribution in [0.1, 0.15) is 18.1 Å². The summed E-state index contributed by atoms with van der Waals surface area (Å²) in [6.45, 7) is 3.12. The molecule has 0 aliphatic carbocycles. The summed E-state index contributed by atoms with van der Waals surface area (Å²) in [4.78, 5) is 25.9. The molecule has 0 saturated heterocycles. The van der Waals surface area contributed by atoms with Crippen LogP contribution < -0.4 is 5.73 Å². The highest BCUT2D eigenvalue weighted by Crippen LogP contribution is 2.33. The minimum Gasteiger partial charge on any atom is -0.384 e. The van der Waals surface area contributed by atoms with Crippen molar-refractivity contribution in [2.45, 2.75) is 13.3 Å². The van der Waals surface area contributed by atoms with E-state index in [4.69, 9.17) is 5.73 Å². The normalized spacial score (nSPS) is 16.1. The fraction of sp³-hybridized carbons (Fsp3) is 0.222. The van der Waals surface area contributed by atoms with Gasteiger partial charge in [0, 0.05) is 42.7 Å². The van der Waals surface area contributed by atoms with Crippen LogP contribution in [0.3, 0.4) is 0 Å². The number of nitrogens with zero attached hydrogens (tertiary/aromatic N) is 4. The van der Waals surface area contributed by atoms with Crippen LogP contribution in [0.15, 0.2) is 47.9 Å². The van der Waals surface area contributed by atoms with Gasteiger partial charge in [0.2, 0.25) is 6.41 Å². The zero-order valence-electron chi connectivity index (χ0n) is 13.5. The number of nitrogens with two attached hydrogens (primary N) is 1. The molecule has 24 heavy (non-hydrogen) atoms. The number of benzene rings is 1. The minimum atomic E-state index is 0.414. The third-order valence-electron chi connectivity index (χ3n) is 3.96. The summed E-state index contributed by atoms with van der Waals surface area (Å²) >= 11 is 0. The predicted molar refractivity (Wildman–Crippen MR) is 94.1 cm³/mol. The molecule has 0 bridgehead atoms. The van der Waals surface area contributed by atoms with E-state index in [0.29, 0.717) is 18.9 Å². The van der Waals surface area contributed by atoms with Crippen molar-refractivity contribution in [3.8, 4) is 11.3 Å². The summed E-state index contributed by atoms with van der Waals surface area (Å²) in [6, 6.07) is 5.98. The third-order valence-corrected chi connectivity index (χ3v) is 3.96. The van der Waals surface area contributed by atoms with Gasteiger partial charge in [-0.05, 0) is 18.9 Å². The maximum absolute atomic E-state index is 11.5. The minimum absolute atomic E-state index is 0.414. The van der Waals surface area contributed by atoms with Gasteiger partial charge in [0.25, 0.3) is 0 Å². The highest BCUT2D eigenvalue weighted by Gasteiger charge is 2.23. The van der Waals surface area contributed by atoms with Crippen molar-refractivity contribution in [1.82, 2.24) is 14.9 Å². The van der Waals surface area contributed by atoms with Crippen molar-refractivity contribution in [3.63, 3.8) is 0 Å². The molecule has 3 rings (SSSR count). The molecular formula is C18H19N5O. The highest BCUT2D eigenvalue weighted by atomic mass is 16.1. The second-order valence-electron chi connectivity index (χ2n) is 5.40. The fourth-order valence-electron chi connectivity index (χ4n) is 2.92. The Hall–Kier alpha value is -3.02. The molecule has 0 spiro atoms. The van der Waals surface area contributed by atoms with E-state index < -0.39 is 0 Å². The molecular weight excluding hydrogens is 302 g/mol. The average molecular weight is 321 g/mol. The molecule has 2 heterocycles. The molecule has 1 aromatic carbocycles. The summed E-state index contributed by atoms with van der Waals surface area (Å²) < 4.78 is 0. The Bertz CT molecular complexity index is 798. The van der Waals surface area contributed by atoms with Crippen LogP contribution in [0.4, 0.5) is 0 Å². The molecule has 1 amide bonds. The fourth-order valence-corrected chi connectivity index (χ4v) is 2.92. The third kappa shape index (κ3) is 3.03. The van der Waals surface area contributed by atoms with E-state index in [0.717, 1.165) is 40.9 Å². The number of aromatic nitrogens is 2. The van der Waals surface area contributed by atoms with E-state index in [1.807, 2.05) is 25.1 Å². The number of aliphatic imine (C=N–C) groups is 1. The smallest absolute Gasteiger partial charge is 0.214 e. The number of carbonyl (C=O) groups is 1. The Labute approximate surface area is 140 Å². The lowest BCUT2D eigenvalue weighted by molar-refractivity contribution is -0.115. The van der Waals surface area contributed by atoms with Crippen LogP contribution in [0, 0.1) is 0 Å². The summed E-state index contributed by atoms with van der Waals surface area (Å²) in [7, 11) is 0. The van der Waals surface area contributed by atoms with Crippen molar-refractivity contribution in [1.29, 1.82) is 0 Å². The van der Waals surface area contributed by atoms with E-state index in [9.17, 15) is 4.79 Å². The largest absolute Gasteiger partial charge is 0.384 e. The molecule has 6 heteroatoms. The number of amides is 1. The first-order chi connectivity index (χ1) is 11.7. The quantitative estimate of drug-likeness (QED) is 0.529. The Morgan fingerprint density at radius 1 is 1.38 bits per heavy atom. The SMILES string of the molecule is CC/N=C(N)\C=C1\c2cccc(-c3cnccn3)c2CCN1C=O. The van der Waals surface area contributed by atoms with Gasteiger partial charge in [-0.1, -0.05) is 18.2 Å². The molecule has 2 N–H and O–H groups in total. The molecule has 0 fully saturated rings. The van der Waals surface area contributed by atoms with Crippen LogP contribution in [0.5, 0.6) is 0 Å². The van der Waals surface area contributed by atoms with E-state index in [-0.39, 0.29) is 0 Å². The standard InChI is InChI=1S/C18H19N5O/c1-2-21-18(19)10-17-15-5-3-4-14(16-11-20-7-8-22-16)13(15)6-9-23(17)12-24/h3-5,7-8,10-12H,2,6,9H2,1H3,(H2,19,21)/b17-10-. The monoisotopic (exact) mass is 321 g/mol. The first-order valence-corrected chi connectivity index (χ1v) is 7.86. The van der Waals surface area contributed by atoms with Crippen molar-refractivity contribution in [3.05, 3.63) is 54.0 Å². The van der Waals surface area contributed by atoms with Gasteiger partial charge in [-0.15, -0.1) is 0 Å². The van der Waals surface area contributed by atoms with E-state index >= 15 is 0 Å². The van der Waals surface area contributed by atoms with Gasteiger partial charge in [-0.25, -0.2) is 0 Å². The topological polar surface area (TPSA) is 84.5 Å².